The average molecular weight is 455 g/mol. The summed E-state index contributed by atoms with van der Waals surface area (Å²) in [7, 11) is 0. The number of carboxylic acid groups (broad SMARTS) is 1. The molecular weight excluding hydrogens is 440 g/mol. The number of carbonyl (C=O) groups is 1. The summed E-state index contributed by atoms with van der Waals surface area (Å²) < 4.78 is 16.0. The first-order valence-corrected chi connectivity index (χ1v) is 9.75. The largest absolute Gasteiger partial charge is 0.477 e. The zero-order valence-corrected chi connectivity index (χ0v) is 17.4. The van der Waals surface area contributed by atoms with Crippen molar-refractivity contribution in [3.63, 3.8) is 0 Å². The number of aromatic carboxylic acids is 1. The van der Waals surface area contributed by atoms with Crippen LogP contribution >= 0.6 is 34.8 Å². The third-order valence-corrected chi connectivity index (χ3v) is 5.48. The summed E-state index contributed by atoms with van der Waals surface area (Å²) in [5.74, 6) is -1.87. The fourth-order valence-corrected chi connectivity index (χ4v) is 3.67. The van der Waals surface area contributed by atoms with Crippen molar-refractivity contribution in [2.75, 3.05) is 0 Å². The van der Waals surface area contributed by atoms with Gasteiger partial charge in [0.1, 0.15) is 11.4 Å². The number of benzene rings is 2. The van der Waals surface area contributed by atoms with Crippen molar-refractivity contribution in [2.24, 2.45) is 0 Å². The topological polar surface area (TPSA) is 59.3 Å². The van der Waals surface area contributed by atoms with Gasteiger partial charge < -0.3 is 9.67 Å². The molecule has 3 rings (SSSR count). The molecule has 1 heterocycles. The van der Waals surface area contributed by atoms with Gasteiger partial charge in [0, 0.05) is 35.3 Å². The lowest BCUT2D eigenvalue weighted by Gasteiger charge is -2.20. The van der Waals surface area contributed by atoms with Gasteiger partial charge in [0.05, 0.1) is 15.7 Å². The van der Waals surface area contributed by atoms with E-state index < -0.39 is 17.2 Å². The minimum Gasteiger partial charge on any atom is -0.477 e. The summed E-state index contributed by atoms with van der Waals surface area (Å²) in [5.41, 5.74) is 0.354. The first-order chi connectivity index (χ1) is 13.7. The molecule has 1 N–H and O–H groups in total. The minimum atomic E-state index is -1.36. The number of rotatable bonds is 5. The maximum atomic E-state index is 14.3. The van der Waals surface area contributed by atoms with Crippen molar-refractivity contribution in [3.8, 4) is 11.3 Å². The van der Waals surface area contributed by atoms with Crippen LogP contribution in [0, 0.1) is 5.82 Å². The van der Waals surface area contributed by atoms with Crippen LogP contribution in [0.5, 0.6) is 0 Å². The molecular formula is C21H15Cl3FNO3. The SMILES string of the molecule is CCn1c(Cc2ccc(Cl)cc2F)cc(=O)c(C(=O)O)c1-c1ccc(Cl)c(Cl)c1. The fourth-order valence-electron chi connectivity index (χ4n) is 3.21. The Hall–Kier alpha value is -2.34. The van der Waals surface area contributed by atoms with Crippen molar-refractivity contribution in [1.82, 2.24) is 4.57 Å². The smallest absolute Gasteiger partial charge is 0.341 e. The van der Waals surface area contributed by atoms with E-state index in [1.165, 1.54) is 30.3 Å². The van der Waals surface area contributed by atoms with Crippen LogP contribution in [0.1, 0.15) is 28.5 Å². The summed E-state index contributed by atoms with van der Waals surface area (Å²) in [6.45, 7) is 2.15. The highest BCUT2D eigenvalue weighted by molar-refractivity contribution is 6.42. The Balaban J connectivity index is 2.28. The van der Waals surface area contributed by atoms with E-state index in [4.69, 9.17) is 34.8 Å². The van der Waals surface area contributed by atoms with Crippen LogP contribution in [0.4, 0.5) is 4.39 Å². The van der Waals surface area contributed by atoms with Crippen LogP contribution in [0.3, 0.4) is 0 Å². The van der Waals surface area contributed by atoms with Crippen molar-refractivity contribution < 1.29 is 14.3 Å². The van der Waals surface area contributed by atoms with E-state index in [0.29, 0.717) is 28.4 Å². The van der Waals surface area contributed by atoms with Gasteiger partial charge in [-0.2, -0.15) is 0 Å². The standard InChI is InChI=1S/C21H15Cl3FNO3/c1-2-26-14(7-11-3-5-13(22)9-17(11)25)10-18(27)19(21(28)29)20(26)12-4-6-15(23)16(24)8-12/h3-6,8-10H,2,7H2,1H3,(H,28,29). The van der Waals surface area contributed by atoms with Crippen molar-refractivity contribution >= 4 is 40.8 Å². The van der Waals surface area contributed by atoms with Gasteiger partial charge >= 0.3 is 5.97 Å². The molecule has 150 valence electrons. The van der Waals surface area contributed by atoms with E-state index in [1.54, 1.807) is 23.6 Å². The Morgan fingerprint density at radius 1 is 1.07 bits per heavy atom. The van der Waals surface area contributed by atoms with Gasteiger partial charge in [0.25, 0.3) is 0 Å². The minimum absolute atomic E-state index is 0.0836. The molecule has 0 atom stereocenters. The van der Waals surface area contributed by atoms with Crippen LogP contribution in [0.25, 0.3) is 11.3 Å². The van der Waals surface area contributed by atoms with Gasteiger partial charge in [-0.05, 0) is 36.8 Å². The molecule has 0 radical (unpaired) electrons. The molecule has 2 aromatic carbocycles. The van der Waals surface area contributed by atoms with Gasteiger partial charge in [-0.3, -0.25) is 4.79 Å². The summed E-state index contributed by atoms with van der Waals surface area (Å²) in [4.78, 5) is 24.5. The highest BCUT2D eigenvalue weighted by Gasteiger charge is 2.22. The van der Waals surface area contributed by atoms with E-state index in [2.05, 4.69) is 0 Å². The molecule has 0 fully saturated rings. The molecule has 29 heavy (non-hydrogen) atoms. The third-order valence-electron chi connectivity index (χ3n) is 4.51. The van der Waals surface area contributed by atoms with Crippen LogP contribution in [-0.4, -0.2) is 15.6 Å². The second kappa shape index (κ2) is 8.57. The van der Waals surface area contributed by atoms with E-state index in [9.17, 15) is 19.1 Å². The summed E-state index contributed by atoms with van der Waals surface area (Å²) in [6.07, 6.45) is 0.0836. The predicted molar refractivity (Wildman–Crippen MR) is 113 cm³/mol. The maximum Gasteiger partial charge on any atom is 0.341 e. The molecule has 0 unspecified atom stereocenters. The second-order valence-corrected chi connectivity index (χ2v) is 7.57. The molecule has 0 amide bonds. The summed E-state index contributed by atoms with van der Waals surface area (Å²) in [5, 5.41) is 10.5. The molecule has 3 aromatic rings. The number of hydrogen-bond acceptors (Lipinski definition) is 2. The number of nitrogens with zero attached hydrogens (tertiary/aromatic N) is 1. The van der Waals surface area contributed by atoms with Gasteiger partial charge in [-0.1, -0.05) is 46.9 Å². The highest BCUT2D eigenvalue weighted by atomic mass is 35.5. The van der Waals surface area contributed by atoms with Crippen molar-refractivity contribution in [2.45, 2.75) is 19.9 Å². The monoisotopic (exact) mass is 453 g/mol. The quantitative estimate of drug-likeness (QED) is 0.520. The van der Waals surface area contributed by atoms with Gasteiger partial charge in [0.15, 0.2) is 5.43 Å². The van der Waals surface area contributed by atoms with Crippen LogP contribution in [-0.2, 0) is 13.0 Å². The molecule has 1 aromatic heterocycles. The molecule has 8 heteroatoms. The average Bonchev–Trinajstić information content (AvgIpc) is 2.65. The first-order valence-electron chi connectivity index (χ1n) is 8.62. The summed E-state index contributed by atoms with van der Waals surface area (Å²) >= 11 is 17.9. The van der Waals surface area contributed by atoms with E-state index in [-0.39, 0.29) is 27.7 Å². The highest BCUT2D eigenvalue weighted by Crippen LogP contribution is 2.31. The molecule has 0 saturated heterocycles. The zero-order chi connectivity index (χ0) is 21.3. The molecule has 0 aliphatic rings. The van der Waals surface area contributed by atoms with E-state index in [1.807, 2.05) is 0 Å². The van der Waals surface area contributed by atoms with Crippen molar-refractivity contribution in [1.29, 1.82) is 0 Å². The van der Waals surface area contributed by atoms with Crippen LogP contribution in [0.2, 0.25) is 15.1 Å². The number of hydrogen-bond donors (Lipinski definition) is 1. The van der Waals surface area contributed by atoms with Gasteiger partial charge in [-0.25, -0.2) is 9.18 Å². The number of halogens is 4. The van der Waals surface area contributed by atoms with Gasteiger partial charge in [0.2, 0.25) is 0 Å². The van der Waals surface area contributed by atoms with Crippen molar-refractivity contribution in [3.05, 3.63) is 90.4 Å². The van der Waals surface area contributed by atoms with E-state index >= 15 is 0 Å². The van der Waals surface area contributed by atoms with E-state index in [0.717, 1.165) is 0 Å². The predicted octanol–water partition coefficient (Wildman–Crippen LogP) is 5.92. The fraction of sp³-hybridized carbons (Fsp3) is 0.143. The third kappa shape index (κ3) is 4.32. The molecule has 0 spiro atoms. The molecule has 0 aliphatic carbocycles. The Kier molecular flexibility index (Phi) is 6.32. The Morgan fingerprint density at radius 2 is 1.79 bits per heavy atom. The normalized spacial score (nSPS) is 10.9. The van der Waals surface area contributed by atoms with Crippen LogP contribution in [0.15, 0.2) is 47.3 Å². The number of aromatic nitrogens is 1. The Morgan fingerprint density at radius 3 is 2.38 bits per heavy atom. The zero-order valence-electron chi connectivity index (χ0n) is 15.2. The molecule has 4 nitrogen and oxygen atoms in total. The van der Waals surface area contributed by atoms with Gasteiger partial charge in [-0.15, -0.1) is 0 Å². The lowest BCUT2D eigenvalue weighted by Crippen LogP contribution is -2.23. The Bertz CT molecular complexity index is 1170. The molecule has 0 bridgehead atoms. The number of pyridine rings is 1. The van der Waals surface area contributed by atoms with Crippen LogP contribution < -0.4 is 5.43 Å². The first kappa shape index (κ1) is 21.4. The Labute approximate surface area is 181 Å². The molecule has 0 aliphatic heterocycles. The lowest BCUT2D eigenvalue weighted by atomic mass is 10.0. The maximum absolute atomic E-state index is 14.3. The lowest BCUT2D eigenvalue weighted by molar-refractivity contribution is 0.0695. The number of carboxylic acids is 1. The second-order valence-electron chi connectivity index (χ2n) is 6.31. The molecule has 0 saturated carbocycles. The summed E-state index contributed by atoms with van der Waals surface area (Å²) in [6, 6.07) is 10.1.